The van der Waals surface area contributed by atoms with Crippen molar-refractivity contribution in [3.8, 4) is 5.75 Å². The van der Waals surface area contributed by atoms with Gasteiger partial charge in [-0.2, -0.15) is 4.31 Å². The van der Waals surface area contributed by atoms with E-state index in [9.17, 15) is 13.2 Å². The van der Waals surface area contributed by atoms with Gasteiger partial charge in [0.2, 0.25) is 15.9 Å². The van der Waals surface area contributed by atoms with Crippen LogP contribution in [-0.4, -0.2) is 38.8 Å². The third-order valence-corrected chi connectivity index (χ3v) is 8.20. The van der Waals surface area contributed by atoms with Gasteiger partial charge in [-0.05, 0) is 93.0 Å². The summed E-state index contributed by atoms with van der Waals surface area (Å²) in [6.07, 6.45) is 2.43. The van der Waals surface area contributed by atoms with Crippen LogP contribution in [0.1, 0.15) is 60.0 Å². The molecule has 1 amide bonds. The molecular weight excluding hydrogens is 424 g/mol. The first-order chi connectivity index (χ1) is 15.1. The number of rotatable bonds is 8. The second kappa shape index (κ2) is 10.0. The Balaban J connectivity index is 1.70. The highest BCUT2D eigenvalue weighted by Gasteiger charge is 2.28. The number of sulfonamides is 1. The summed E-state index contributed by atoms with van der Waals surface area (Å²) in [4.78, 5) is 12.9. The zero-order valence-electron chi connectivity index (χ0n) is 19.7. The molecule has 1 aliphatic rings. The molecule has 2 aromatic rings. The van der Waals surface area contributed by atoms with Crippen molar-refractivity contribution in [1.29, 1.82) is 0 Å². The van der Waals surface area contributed by atoms with Crippen LogP contribution in [0.15, 0.2) is 35.2 Å². The molecule has 1 atom stereocenters. The standard InChI is InChI=1S/C25H34N2O4S/c1-17-14-19(3)23(15-18(17)2)20(4)26-25(28)11-8-21-16-22(9-10-24(21)31-5)32(29,30)27-12-6-7-13-27/h9-10,14-16,20H,6-8,11-13H2,1-5H3,(H,26,28). The van der Waals surface area contributed by atoms with Crippen LogP contribution in [0.3, 0.4) is 0 Å². The van der Waals surface area contributed by atoms with E-state index in [0.717, 1.165) is 29.5 Å². The predicted molar refractivity (Wildman–Crippen MR) is 127 cm³/mol. The molecule has 174 valence electrons. The molecule has 1 saturated heterocycles. The minimum absolute atomic E-state index is 0.0787. The molecule has 1 unspecified atom stereocenters. The summed E-state index contributed by atoms with van der Waals surface area (Å²) in [5, 5.41) is 3.07. The number of aryl methyl sites for hydroxylation is 4. The van der Waals surface area contributed by atoms with Gasteiger partial charge in [-0.25, -0.2) is 8.42 Å². The van der Waals surface area contributed by atoms with Crippen molar-refractivity contribution >= 4 is 15.9 Å². The van der Waals surface area contributed by atoms with Crippen molar-refractivity contribution in [2.75, 3.05) is 20.2 Å². The van der Waals surface area contributed by atoms with Crippen LogP contribution in [0, 0.1) is 20.8 Å². The van der Waals surface area contributed by atoms with E-state index < -0.39 is 10.0 Å². The fourth-order valence-corrected chi connectivity index (χ4v) is 5.85. The lowest BCUT2D eigenvalue weighted by molar-refractivity contribution is -0.121. The van der Waals surface area contributed by atoms with E-state index in [2.05, 4.69) is 38.2 Å². The van der Waals surface area contributed by atoms with Crippen molar-refractivity contribution in [3.05, 3.63) is 58.1 Å². The van der Waals surface area contributed by atoms with Crippen molar-refractivity contribution in [2.45, 2.75) is 64.3 Å². The first kappa shape index (κ1) is 24.3. The Morgan fingerprint density at radius 2 is 1.72 bits per heavy atom. The van der Waals surface area contributed by atoms with Gasteiger partial charge in [0.15, 0.2) is 0 Å². The maximum absolute atomic E-state index is 12.9. The second-order valence-corrected chi connectivity index (χ2v) is 10.6. The van der Waals surface area contributed by atoms with Crippen molar-refractivity contribution in [1.82, 2.24) is 9.62 Å². The topological polar surface area (TPSA) is 75.7 Å². The molecule has 0 aliphatic carbocycles. The monoisotopic (exact) mass is 458 g/mol. The van der Waals surface area contributed by atoms with E-state index in [1.54, 1.807) is 25.3 Å². The summed E-state index contributed by atoms with van der Waals surface area (Å²) in [6.45, 7) is 9.31. The van der Waals surface area contributed by atoms with Gasteiger partial charge in [0.05, 0.1) is 18.0 Å². The molecule has 6 nitrogen and oxygen atoms in total. The fraction of sp³-hybridized carbons (Fsp3) is 0.480. The number of carbonyl (C=O) groups is 1. The highest BCUT2D eigenvalue weighted by Crippen LogP contribution is 2.28. The quantitative estimate of drug-likeness (QED) is 0.643. The van der Waals surface area contributed by atoms with E-state index in [1.807, 2.05) is 6.92 Å². The number of hydrogen-bond acceptors (Lipinski definition) is 4. The minimum atomic E-state index is -3.51. The molecule has 1 fully saturated rings. The van der Waals surface area contributed by atoms with E-state index in [4.69, 9.17) is 4.74 Å². The molecule has 0 saturated carbocycles. The van der Waals surface area contributed by atoms with Gasteiger partial charge in [-0.3, -0.25) is 4.79 Å². The van der Waals surface area contributed by atoms with Crippen LogP contribution in [-0.2, 0) is 21.2 Å². The maximum Gasteiger partial charge on any atom is 0.243 e. The zero-order valence-corrected chi connectivity index (χ0v) is 20.5. The van der Waals surface area contributed by atoms with E-state index in [1.165, 1.54) is 15.4 Å². The Hall–Kier alpha value is -2.38. The van der Waals surface area contributed by atoms with Gasteiger partial charge in [-0.15, -0.1) is 0 Å². The molecule has 0 bridgehead atoms. The van der Waals surface area contributed by atoms with Gasteiger partial charge in [0, 0.05) is 19.5 Å². The first-order valence-corrected chi connectivity index (χ1v) is 12.6. The summed E-state index contributed by atoms with van der Waals surface area (Å²) < 4.78 is 32.8. The summed E-state index contributed by atoms with van der Waals surface area (Å²) in [5.41, 5.74) is 5.42. The van der Waals surface area contributed by atoms with Gasteiger partial charge >= 0.3 is 0 Å². The minimum Gasteiger partial charge on any atom is -0.496 e. The summed E-state index contributed by atoms with van der Waals surface area (Å²) in [6, 6.07) is 9.08. The van der Waals surface area contributed by atoms with Crippen LogP contribution in [0.2, 0.25) is 0 Å². The number of carbonyl (C=O) groups excluding carboxylic acids is 1. The maximum atomic E-state index is 12.9. The van der Waals surface area contributed by atoms with Gasteiger partial charge in [0.25, 0.3) is 0 Å². The molecular formula is C25H34N2O4S. The number of benzene rings is 2. The molecule has 7 heteroatoms. The molecule has 1 aliphatic heterocycles. The predicted octanol–water partition coefficient (Wildman–Crippen LogP) is 4.21. The third-order valence-electron chi connectivity index (χ3n) is 6.30. The van der Waals surface area contributed by atoms with Crippen molar-refractivity contribution < 1.29 is 17.9 Å². The average Bonchev–Trinajstić information content (AvgIpc) is 3.30. The van der Waals surface area contributed by atoms with E-state index in [-0.39, 0.29) is 23.3 Å². The smallest absolute Gasteiger partial charge is 0.243 e. The van der Waals surface area contributed by atoms with Crippen molar-refractivity contribution in [2.24, 2.45) is 0 Å². The summed E-state index contributed by atoms with van der Waals surface area (Å²) in [7, 11) is -1.96. The first-order valence-electron chi connectivity index (χ1n) is 11.2. The summed E-state index contributed by atoms with van der Waals surface area (Å²) >= 11 is 0. The van der Waals surface area contributed by atoms with Crippen LogP contribution in [0.25, 0.3) is 0 Å². The highest BCUT2D eigenvalue weighted by atomic mass is 32.2. The Bertz CT molecular complexity index is 1090. The molecule has 1 heterocycles. The summed E-state index contributed by atoms with van der Waals surface area (Å²) in [5.74, 6) is 0.515. The number of hydrogen-bond donors (Lipinski definition) is 1. The van der Waals surface area contributed by atoms with Crippen molar-refractivity contribution in [3.63, 3.8) is 0 Å². The Kier molecular flexibility index (Phi) is 7.62. The largest absolute Gasteiger partial charge is 0.496 e. The average molecular weight is 459 g/mol. The Morgan fingerprint density at radius 3 is 2.38 bits per heavy atom. The fourth-order valence-electron chi connectivity index (χ4n) is 4.28. The number of nitrogens with zero attached hydrogens (tertiary/aromatic N) is 1. The molecule has 0 radical (unpaired) electrons. The lowest BCUT2D eigenvalue weighted by atomic mass is 9.96. The number of methoxy groups -OCH3 is 1. The van der Waals surface area contributed by atoms with E-state index >= 15 is 0 Å². The molecule has 1 N–H and O–H groups in total. The molecule has 0 aromatic heterocycles. The Labute approximate surface area is 192 Å². The van der Waals surface area contributed by atoms with Gasteiger partial charge < -0.3 is 10.1 Å². The van der Waals surface area contributed by atoms with Crippen LogP contribution in [0.4, 0.5) is 0 Å². The second-order valence-electron chi connectivity index (χ2n) is 8.67. The SMILES string of the molecule is COc1ccc(S(=O)(=O)N2CCCC2)cc1CCC(=O)NC(C)c1cc(C)c(C)cc1C. The zero-order chi connectivity index (χ0) is 23.5. The van der Waals surface area contributed by atoms with Crippen LogP contribution >= 0.6 is 0 Å². The molecule has 0 spiro atoms. The lowest BCUT2D eigenvalue weighted by Gasteiger charge is -2.19. The van der Waals surface area contributed by atoms with Gasteiger partial charge in [0.1, 0.15) is 5.75 Å². The number of ether oxygens (including phenoxy) is 1. The lowest BCUT2D eigenvalue weighted by Crippen LogP contribution is -2.28. The number of nitrogens with one attached hydrogen (secondary N) is 1. The van der Waals surface area contributed by atoms with Crippen LogP contribution < -0.4 is 10.1 Å². The normalized spacial score (nSPS) is 15.5. The number of amides is 1. The molecule has 2 aromatic carbocycles. The van der Waals surface area contributed by atoms with E-state index in [0.29, 0.717) is 25.3 Å². The Morgan fingerprint density at radius 1 is 1.06 bits per heavy atom. The van der Waals surface area contributed by atoms with Crippen LogP contribution in [0.5, 0.6) is 5.75 Å². The highest BCUT2D eigenvalue weighted by molar-refractivity contribution is 7.89. The third kappa shape index (κ3) is 5.33. The molecule has 3 rings (SSSR count). The van der Waals surface area contributed by atoms with Gasteiger partial charge in [-0.1, -0.05) is 12.1 Å². The molecule has 32 heavy (non-hydrogen) atoms.